The zero-order valence-electron chi connectivity index (χ0n) is 10.2. The molecule has 1 aliphatic heterocycles. The number of ketones is 1. The van der Waals surface area contributed by atoms with Gasteiger partial charge in [0.2, 0.25) is 0 Å². The van der Waals surface area contributed by atoms with Crippen LogP contribution in [0.4, 0.5) is 4.79 Å². The summed E-state index contributed by atoms with van der Waals surface area (Å²) in [4.78, 5) is 24.6. The zero-order chi connectivity index (χ0) is 12.1. The first kappa shape index (κ1) is 13.0. The summed E-state index contributed by atoms with van der Waals surface area (Å²) in [6.07, 6.45) is 1.21. The molecule has 0 aromatic rings. The van der Waals surface area contributed by atoms with Crippen LogP contribution in [0.2, 0.25) is 0 Å². The maximum Gasteiger partial charge on any atom is 0.407 e. The smallest absolute Gasteiger partial charge is 0.407 e. The van der Waals surface area contributed by atoms with Crippen molar-refractivity contribution in [2.24, 2.45) is 0 Å². The lowest BCUT2D eigenvalue weighted by molar-refractivity contribution is -0.118. The van der Waals surface area contributed by atoms with E-state index in [9.17, 15) is 9.59 Å². The van der Waals surface area contributed by atoms with E-state index in [0.29, 0.717) is 0 Å². The molecule has 0 aliphatic carbocycles. The van der Waals surface area contributed by atoms with Crippen molar-refractivity contribution in [3.05, 3.63) is 0 Å². The Labute approximate surface area is 96.1 Å². The van der Waals surface area contributed by atoms with Gasteiger partial charge in [0.25, 0.3) is 0 Å². The number of Topliss-reactive ketones (excluding diaryl/α,β-unsaturated/α-hetero) is 1. The molecule has 1 amide bonds. The first-order valence-electron chi connectivity index (χ1n) is 5.65. The van der Waals surface area contributed by atoms with Crippen LogP contribution in [0.5, 0.6) is 0 Å². The first-order chi connectivity index (χ1) is 7.49. The average molecular weight is 228 g/mol. The summed E-state index contributed by atoms with van der Waals surface area (Å²) >= 11 is 0. The Kier molecular flexibility index (Phi) is 4.73. The Bertz CT molecular complexity index is 260. The van der Waals surface area contributed by atoms with Crippen molar-refractivity contribution in [2.45, 2.75) is 38.8 Å². The molecule has 5 nitrogen and oxygen atoms in total. The molecule has 0 spiro atoms. The maximum atomic E-state index is 11.4. The fourth-order valence-electron chi connectivity index (χ4n) is 1.57. The van der Waals surface area contributed by atoms with E-state index in [1.54, 1.807) is 6.92 Å². The fourth-order valence-corrected chi connectivity index (χ4v) is 1.57. The van der Waals surface area contributed by atoms with E-state index in [-0.39, 0.29) is 11.9 Å². The number of nitrogens with zero attached hydrogens (tertiary/aromatic N) is 1. The third-order valence-electron chi connectivity index (χ3n) is 2.88. The van der Waals surface area contributed by atoms with Crippen LogP contribution in [0, 0.1) is 0 Å². The third-order valence-corrected chi connectivity index (χ3v) is 2.88. The number of hydrogen-bond acceptors (Lipinski definition) is 4. The van der Waals surface area contributed by atoms with E-state index in [1.165, 1.54) is 6.92 Å². The predicted octanol–water partition coefficient (Wildman–Crippen LogP) is 0.784. The molecule has 16 heavy (non-hydrogen) atoms. The lowest BCUT2D eigenvalue weighted by Crippen LogP contribution is -2.42. The van der Waals surface area contributed by atoms with Crippen molar-refractivity contribution in [1.82, 2.24) is 10.2 Å². The van der Waals surface area contributed by atoms with Crippen molar-refractivity contribution >= 4 is 11.9 Å². The van der Waals surface area contributed by atoms with Crippen LogP contribution in [-0.4, -0.2) is 49.1 Å². The van der Waals surface area contributed by atoms with Gasteiger partial charge in [0.1, 0.15) is 6.10 Å². The average Bonchev–Trinajstić information content (AvgIpc) is 2.21. The molecule has 0 saturated carbocycles. The van der Waals surface area contributed by atoms with Crippen LogP contribution in [0.1, 0.15) is 26.7 Å². The second-order valence-corrected chi connectivity index (χ2v) is 4.38. The molecule has 0 aromatic carbocycles. The quantitative estimate of drug-likeness (QED) is 0.775. The number of amides is 1. The molecule has 1 heterocycles. The van der Waals surface area contributed by atoms with Crippen LogP contribution in [-0.2, 0) is 9.53 Å². The highest BCUT2D eigenvalue weighted by molar-refractivity contribution is 5.84. The molecule has 92 valence electrons. The standard InChI is InChI=1S/C11H20N2O3/c1-8(9(2)14)12-11(15)16-10-4-6-13(3)7-5-10/h8,10H,4-7H2,1-3H3,(H,12,15). The minimum Gasteiger partial charge on any atom is -0.446 e. The predicted molar refractivity (Wildman–Crippen MR) is 60.3 cm³/mol. The van der Waals surface area contributed by atoms with Crippen molar-refractivity contribution in [3.8, 4) is 0 Å². The Balaban J connectivity index is 2.26. The Hall–Kier alpha value is -1.10. The molecule has 0 bridgehead atoms. The van der Waals surface area contributed by atoms with Crippen LogP contribution >= 0.6 is 0 Å². The summed E-state index contributed by atoms with van der Waals surface area (Å²) in [5.74, 6) is -0.0691. The summed E-state index contributed by atoms with van der Waals surface area (Å²) in [5, 5.41) is 2.51. The summed E-state index contributed by atoms with van der Waals surface area (Å²) in [6, 6.07) is -0.473. The first-order valence-corrected chi connectivity index (χ1v) is 5.65. The Morgan fingerprint density at radius 1 is 1.38 bits per heavy atom. The topological polar surface area (TPSA) is 58.6 Å². The van der Waals surface area contributed by atoms with E-state index in [2.05, 4.69) is 10.2 Å². The molecule has 1 fully saturated rings. The lowest BCUT2D eigenvalue weighted by Gasteiger charge is -2.28. The highest BCUT2D eigenvalue weighted by Gasteiger charge is 2.21. The van der Waals surface area contributed by atoms with E-state index in [1.807, 2.05) is 7.05 Å². The van der Waals surface area contributed by atoms with Gasteiger partial charge in [0.05, 0.1) is 6.04 Å². The summed E-state index contributed by atoms with van der Waals surface area (Å²) in [5.41, 5.74) is 0. The third kappa shape index (κ3) is 4.18. The normalized spacial score (nSPS) is 20.2. The van der Waals surface area contributed by atoms with Crippen LogP contribution in [0.15, 0.2) is 0 Å². The number of nitrogens with one attached hydrogen (secondary N) is 1. The second kappa shape index (κ2) is 5.84. The van der Waals surface area contributed by atoms with Gasteiger partial charge in [-0.25, -0.2) is 4.79 Å². The van der Waals surface area contributed by atoms with E-state index >= 15 is 0 Å². The van der Waals surface area contributed by atoms with Crippen molar-refractivity contribution in [3.63, 3.8) is 0 Å². The van der Waals surface area contributed by atoms with Gasteiger partial charge < -0.3 is 15.0 Å². The molecule has 1 saturated heterocycles. The number of alkyl carbamates (subject to hydrolysis) is 1. The second-order valence-electron chi connectivity index (χ2n) is 4.38. The monoisotopic (exact) mass is 228 g/mol. The highest BCUT2D eigenvalue weighted by Crippen LogP contribution is 2.12. The fraction of sp³-hybridized carbons (Fsp3) is 0.818. The highest BCUT2D eigenvalue weighted by atomic mass is 16.6. The van der Waals surface area contributed by atoms with Crippen LogP contribution in [0.25, 0.3) is 0 Å². The molecule has 1 atom stereocenters. The number of ether oxygens (including phenoxy) is 1. The zero-order valence-corrected chi connectivity index (χ0v) is 10.2. The number of piperidine rings is 1. The van der Waals surface area contributed by atoms with E-state index < -0.39 is 12.1 Å². The molecular weight excluding hydrogens is 208 g/mol. The van der Waals surface area contributed by atoms with Gasteiger partial charge in [-0.2, -0.15) is 0 Å². The van der Waals surface area contributed by atoms with Gasteiger partial charge in [0, 0.05) is 13.1 Å². The Morgan fingerprint density at radius 3 is 2.44 bits per heavy atom. The SMILES string of the molecule is CC(=O)C(C)NC(=O)OC1CCN(C)CC1. The molecular formula is C11H20N2O3. The minimum absolute atomic E-state index is 0.0182. The number of carbonyl (C=O) groups excluding carboxylic acids is 2. The number of likely N-dealkylation sites (tertiary alicyclic amines) is 1. The van der Waals surface area contributed by atoms with Gasteiger partial charge >= 0.3 is 6.09 Å². The maximum absolute atomic E-state index is 11.4. The largest absolute Gasteiger partial charge is 0.446 e. The van der Waals surface area contributed by atoms with Gasteiger partial charge in [0.15, 0.2) is 5.78 Å². The van der Waals surface area contributed by atoms with Crippen molar-refractivity contribution in [2.75, 3.05) is 20.1 Å². The summed E-state index contributed by atoms with van der Waals surface area (Å²) in [7, 11) is 2.05. The van der Waals surface area contributed by atoms with E-state index in [4.69, 9.17) is 4.74 Å². The molecule has 0 radical (unpaired) electrons. The molecule has 1 N–H and O–H groups in total. The lowest BCUT2D eigenvalue weighted by atomic mass is 10.1. The summed E-state index contributed by atoms with van der Waals surface area (Å²) in [6.45, 7) is 4.99. The molecule has 1 aliphatic rings. The van der Waals surface area contributed by atoms with Gasteiger partial charge in [-0.1, -0.05) is 0 Å². The Morgan fingerprint density at radius 2 is 1.94 bits per heavy atom. The summed E-state index contributed by atoms with van der Waals surface area (Å²) < 4.78 is 5.23. The van der Waals surface area contributed by atoms with Crippen LogP contribution in [0.3, 0.4) is 0 Å². The van der Waals surface area contributed by atoms with Gasteiger partial charge in [-0.05, 0) is 33.7 Å². The minimum atomic E-state index is -0.489. The molecule has 1 rings (SSSR count). The van der Waals surface area contributed by atoms with Crippen LogP contribution < -0.4 is 5.32 Å². The number of rotatable bonds is 3. The number of carbonyl (C=O) groups is 2. The van der Waals surface area contributed by atoms with Crippen molar-refractivity contribution < 1.29 is 14.3 Å². The molecule has 0 aromatic heterocycles. The van der Waals surface area contributed by atoms with E-state index in [0.717, 1.165) is 25.9 Å². The molecule has 5 heteroatoms. The van der Waals surface area contributed by atoms with Crippen molar-refractivity contribution in [1.29, 1.82) is 0 Å². The molecule has 1 unspecified atom stereocenters. The number of hydrogen-bond donors (Lipinski definition) is 1. The van der Waals surface area contributed by atoms with Gasteiger partial charge in [-0.3, -0.25) is 4.79 Å². The van der Waals surface area contributed by atoms with Gasteiger partial charge in [-0.15, -0.1) is 0 Å².